The average molecular weight is 201 g/mol. The number of hydrogen-bond donors (Lipinski definition) is 0. The zero-order chi connectivity index (χ0) is 10.9. The van der Waals surface area contributed by atoms with Crippen molar-refractivity contribution in [2.24, 2.45) is 0 Å². The van der Waals surface area contributed by atoms with Gasteiger partial charge >= 0.3 is 0 Å². The molecule has 0 spiro atoms. The first-order chi connectivity index (χ1) is 7.11. The lowest BCUT2D eigenvalue weighted by Crippen LogP contribution is -2.32. The zero-order valence-corrected chi connectivity index (χ0v) is 9.21. The molecule has 1 aromatic rings. The van der Waals surface area contributed by atoms with Crippen LogP contribution in [0.4, 0.5) is 0 Å². The summed E-state index contributed by atoms with van der Waals surface area (Å²) in [7, 11) is 0. The number of aryl methyl sites for hydroxylation is 1. The SMILES string of the molecule is CC1(C)CCc2cc(CC#N)ccc2O1. The average Bonchev–Trinajstić information content (AvgIpc) is 2.18. The third kappa shape index (κ3) is 2.12. The predicted octanol–water partition coefficient (Wildman–Crippen LogP) is 2.86. The summed E-state index contributed by atoms with van der Waals surface area (Å²) in [5.74, 6) is 0.980. The number of nitriles is 1. The molecule has 1 aliphatic heterocycles. The minimum absolute atomic E-state index is 0.0518. The van der Waals surface area contributed by atoms with Gasteiger partial charge in [0, 0.05) is 0 Å². The Morgan fingerprint density at radius 2 is 2.27 bits per heavy atom. The van der Waals surface area contributed by atoms with Crippen LogP contribution in [0.5, 0.6) is 5.75 Å². The van der Waals surface area contributed by atoms with Crippen molar-refractivity contribution in [2.45, 2.75) is 38.7 Å². The van der Waals surface area contributed by atoms with Crippen molar-refractivity contribution in [1.82, 2.24) is 0 Å². The first kappa shape index (κ1) is 10.0. The Hall–Kier alpha value is -1.49. The van der Waals surface area contributed by atoms with E-state index in [0.29, 0.717) is 6.42 Å². The van der Waals surface area contributed by atoms with Gasteiger partial charge in [-0.1, -0.05) is 12.1 Å². The Bertz CT molecular complexity index is 415. The molecule has 0 saturated carbocycles. The summed E-state index contributed by atoms with van der Waals surface area (Å²) in [5, 5.41) is 8.63. The number of hydrogen-bond acceptors (Lipinski definition) is 2. The molecule has 0 aliphatic carbocycles. The van der Waals surface area contributed by atoms with E-state index in [1.807, 2.05) is 12.1 Å². The first-order valence-corrected chi connectivity index (χ1v) is 5.28. The van der Waals surface area contributed by atoms with Crippen LogP contribution >= 0.6 is 0 Å². The van der Waals surface area contributed by atoms with Gasteiger partial charge < -0.3 is 4.74 Å². The third-order valence-corrected chi connectivity index (χ3v) is 2.79. The topological polar surface area (TPSA) is 33.0 Å². The van der Waals surface area contributed by atoms with E-state index in [1.165, 1.54) is 5.56 Å². The second kappa shape index (κ2) is 3.58. The fourth-order valence-electron chi connectivity index (χ4n) is 1.91. The van der Waals surface area contributed by atoms with Gasteiger partial charge in [0.05, 0.1) is 12.5 Å². The van der Waals surface area contributed by atoms with Gasteiger partial charge in [0.15, 0.2) is 0 Å². The summed E-state index contributed by atoms with van der Waals surface area (Å²) in [6.45, 7) is 4.22. The molecule has 1 aromatic carbocycles. The van der Waals surface area contributed by atoms with Gasteiger partial charge in [0.2, 0.25) is 0 Å². The number of nitrogens with zero attached hydrogens (tertiary/aromatic N) is 1. The smallest absolute Gasteiger partial charge is 0.123 e. The molecule has 0 unspecified atom stereocenters. The summed E-state index contributed by atoms with van der Waals surface area (Å²) in [5.41, 5.74) is 2.27. The number of fused-ring (bicyclic) bond motifs is 1. The zero-order valence-electron chi connectivity index (χ0n) is 9.21. The molecule has 0 aromatic heterocycles. The van der Waals surface area contributed by atoms with Crippen LogP contribution in [0, 0.1) is 11.3 Å². The highest BCUT2D eigenvalue weighted by atomic mass is 16.5. The molecule has 0 fully saturated rings. The normalized spacial score (nSPS) is 17.4. The molecule has 0 radical (unpaired) electrons. The van der Waals surface area contributed by atoms with Crippen molar-refractivity contribution in [3.63, 3.8) is 0 Å². The van der Waals surface area contributed by atoms with Gasteiger partial charge in [-0.2, -0.15) is 5.26 Å². The van der Waals surface area contributed by atoms with Gasteiger partial charge in [-0.05, 0) is 43.9 Å². The molecular weight excluding hydrogens is 186 g/mol. The lowest BCUT2D eigenvalue weighted by Gasteiger charge is -2.32. The maximum atomic E-state index is 8.63. The van der Waals surface area contributed by atoms with E-state index in [0.717, 1.165) is 24.2 Å². The molecule has 2 nitrogen and oxygen atoms in total. The van der Waals surface area contributed by atoms with Crippen molar-refractivity contribution in [3.8, 4) is 11.8 Å². The van der Waals surface area contributed by atoms with Crippen LogP contribution in [0.1, 0.15) is 31.4 Å². The summed E-state index contributed by atoms with van der Waals surface area (Å²) < 4.78 is 5.87. The van der Waals surface area contributed by atoms with Gasteiger partial charge in [0.25, 0.3) is 0 Å². The van der Waals surface area contributed by atoms with E-state index >= 15 is 0 Å². The molecule has 15 heavy (non-hydrogen) atoms. The summed E-state index contributed by atoms with van der Waals surface area (Å²) in [6, 6.07) is 8.22. The Kier molecular flexibility index (Phi) is 2.40. The van der Waals surface area contributed by atoms with Crippen molar-refractivity contribution < 1.29 is 4.74 Å². The maximum Gasteiger partial charge on any atom is 0.123 e. The summed E-state index contributed by atoms with van der Waals surface area (Å²) >= 11 is 0. The second-order valence-corrected chi connectivity index (χ2v) is 4.64. The van der Waals surface area contributed by atoms with E-state index in [2.05, 4.69) is 26.0 Å². The molecule has 2 rings (SSSR count). The van der Waals surface area contributed by atoms with E-state index < -0.39 is 0 Å². The quantitative estimate of drug-likeness (QED) is 0.700. The second-order valence-electron chi connectivity index (χ2n) is 4.64. The predicted molar refractivity (Wildman–Crippen MR) is 58.8 cm³/mol. The highest BCUT2D eigenvalue weighted by Crippen LogP contribution is 2.33. The summed E-state index contributed by atoms with van der Waals surface area (Å²) in [4.78, 5) is 0. The molecule has 1 heterocycles. The molecule has 0 atom stereocenters. The van der Waals surface area contributed by atoms with Crippen molar-refractivity contribution in [1.29, 1.82) is 5.26 Å². The van der Waals surface area contributed by atoms with E-state index in [1.54, 1.807) is 0 Å². The first-order valence-electron chi connectivity index (χ1n) is 5.28. The molecule has 2 heteroatoms. The highest BCUT2D eigenvalue weighted by Gasteiger charge is 2.26. The van der Waals surface area contributed by atoms with E-state index in [-0.39, 0.29) is 5.60 Å². The third-order valence-electron chi connectivity index (χ3n) is 2.79. The standard InChI is InChI=1S/C13H15NO/c1-13(2)7-5-11-9-10(6-8-14)3-4-12(11)15-13/h3-4,9H,5-7H2,1-2H3. The maximum absolute atomic E-state index is 8.63. The van der Waals surface area contributed by atoms with Crippen molar-refractivity contribution in [2.75, 3.05) is 0 Å². The van der Waals surface area contributed by atoms with Crippen LogP contribution in [0.2, 0.25) is 0 Å². The molecule has 78 valence electrons. The van der Waals surface area contributed by atoms with Gasteiger partial charge in [0.1, 0.15) is 11.4 Å². The van der Waals surface area contributed by atoms with E-state index in [9.17, 15) is 0 Å². The van der Waals surface area contributed by atoms with Gasteiger partial charge in [-0.25, -0.2) is 0 Å². The minimum Gasteiger partial charge on any atom is -0.488 e. The Morgan fingerprint density at radius 3 is 3.00 bits per heavy atom. The van der Waals surface area contributed by atoms with Crippen LogP contribution in [0.3, 0.4) is 0 Å². The fraction of sp³-hybridized carbons (Fsp3) is 0.462. The highest BCUT2D eigenvalue weighted by molar-refractivity contribution is 5.40. The summed E-state index contributed by atoms with van der Waals surface area (Å²) in [6.07, 6.45) is 2.56. The molecule has 0 amide bonds. The van der Waals surface area contributed by atoms with Crippen molar-refractivity contribution >= 4 is 0 Å². The van der Waals surface area contributed by atoms with Crippen LogP contribution in [-0.2, 0) is 12.8 Å². The monoisotopic (exact) mass is 201 g/mol. The lowest BCUT2D eigenvalue weighted by molar-refractivity contribution is 0.0846. The Labute approximate surface area is 90.5 Å². The van der Waals surface area contributed by atoms with Gasteiger partial charge in [-0.3, -0.25) is 0 Å². The number of rotatable bonds is 1. The van der Waals surface area contributed by atoms with E-state index in [4.69, 9.17) is 10.00 Å². The van der Waals surface area contributed by atoms with Gasteiger partial charge in [-0.15, -0.1) is 0 Å². The number of ether oxygens (including phenoxy) is 1. The van der Waals surface area contributed by atoms with Crippen LogP contribution in [0.15, 0.2) is 18.2 Å². The largest absolute Gasteiger partial charge is 0.488 e. The molecule has 0 N–H and O–H groups in total. The number of benzene rings is 1. The molecule has 0 bridgehead atoms. The lowest BCUT2D eigenvalue weighted by atomic mass is 9.93. The van der Waals surface area contributed by atoms with Crippen LogP contribution < -0.4 is 4.74 Å². The molecular formula is C13H15NO. The molecule has 1 aliphatic rings. The molecule has 0 saturated heterocycles. The fourth-order valence-corrected chi connectivity index (χ4v) is 1.91. The van der Waals surface area contributed by atoms with Crippen LogP contribution in [-0.4, -0.2) is 5.60 Å². The van der Waals surface area contributed by atoms with Crippen LogP contribution in [0.25, 0.3) is 0 Å². The Balaban J connectivity index is 2.29. The van der Waals surface area contributed by atoms with Crippen molar-refractivity contribution in [3.05, 3.63) is 29.3 Å². The Morgan fingerprint density at radius 1 is 1.47 bits per heavy atom. The minimum atomic E-state index is -0.0518.